The van der Waals surface area contributed by atoms with Crippen LogP contribution in [0.1, 0.15) is 55.4 Å². The first-order valence-corrected chi connectivity index (χ1v) is 9.79. The van der Waals surface area contributed by atoms with E-state index in [1.54, 1.807) is 4.90 Å². The average Bonchev–Trinajstić information content (AvgIpc) is 2.29. The van der Waals surface area contributed by atoms with Gasteiger partial charge in [0.1, 0.15) is 8.07 Å². The van der Waals surface area contributed by atoms with E-state index in [0.717, 1.165) is 13.1 Å². The second kappa shape index (κ2) is 7.74. The molecule has 0 radical (unpaired) electrons. The second-order valence-electron chi connectivity index (χ2n) is 6.12. The van der Waals surface area contributed by atoms with Crippen LogP contribution in [0.3, 0.4) is 0 Å². The first-order chi connectivity index (χ1) is 8.73. The Morgan fingerprint density at radius 2 is 1.32 bits per heavy atom. The predicted molar refractivity (Wildman–Crippen MR) is 86.8 cm³/mol. The molecular weight excluding hydrogens is 250 g/mol. The van der Waals surface area contributed by atoms with Gasteiger partial charge in [0.2, 0.25) is 0 Å². The molecule has 0 aromatic rings. The lowest BCUT2D eigenvalue weighted by molar-refractivity contribution is -0.124. The third-order valence-electron chi connectivity index (χ3n) is 4.30. The Morgan fingerprint density at radius 3 is 1.58 bits per heavy atom. The summed E-state index contributed by atoms with van der Waals surface area (Å²) in [5.74, 6) is 2.96. The van der Waals surface area contributed by atoms with Gasteiger partial charge in [0, 0.05) is 13.1 Å². The summed E-state index contributed by atoms with van der Waals surface area (Å²) in [6, 6.07) is 0. The fourth-order valence-electron chi connectivity index (χ4n) is 3.18. The summed E-state index contributed by atoms with van der Waals surface area (Å²) in [6.45, 7) is 19.1. The van der Waals surface area contributed by atoms with E-state index in [4.69, 9.17) is 0 Å². The molecule has 0 saturated carbocycles. The van der Waals surface area contributed by atoms with Gasteiger partial charge in [-0.05, 0) is 36.4 Å². The van der Waals surface area contributed by atoms with Crippen molar-refractivity contribution in [2.24, 2.45) is 0 Å². The van der Waals surface area contributed by atoms with Gasteiger partial charge in [0.05, 0.1) is 0 Å². The standard InChI is InChI=1S/C16H31NOSi/c1-9-17(10-2)16(18)11-12-19(13(3)4,14(5)6)15(7)8/h13-15H,9-10H2,1-8H3. The number of hydrogen-bond acceptors (Lipinski definition) is 1. The smallest absolute Gasteiger partial charge is 0.297 e. The number of hydrogen-bond donors (Lipinski definition) is 0. The Bertz CT molecular complexity index is 324. The lowest BCUT2D eigenvalue weighted by atomic mass is 10.4. The zero-order valence-corrected chi connectivity index (χ0v) is 15.0. The minimum Gasteiger partial charge on any atom is -0.332 e. The fraction of sp³-hybridized carbons (Fsp3) is 0.812. The van der Waals surface area contributed by atoms with Gasteiger partial charge in [-0.2, -0.15) is 0 Å². The van der Waals surface area contributed by atoms with Crippen molar-refractivity contribution in [2.45, 2.75) is 72.0 Å². The molecule has 3 heteroatoms. The Hall–Kier alpha value is -0.753. The van der Waals surface area contributed by atoms with Crippen LogP contribution in [-0.2, 0) is 4.79 Å². The van der Waals surface area contributed by atoms with E-state index in [1.165, 1.54) is 0 Å². The highest BCUT2D eigenvalue weighted by molar-refractivity contribution is 6.90. The number of rotatable bonds is 5. The summed E-state index contributed by atoms with van der Waals surface area (Å²) in [7, 11) is -1.77. The molecule has 0 aliphatic carbocycles. The van der Waals surface area contributed by atoms with Crippen molar-refractivity contribution in [3.8, 4) is 11.5 Å². The quantitative estimate of drug-likeness (QED) is 0.549. The second-order valence-corrected chi connectivity index (χ2v) is 11.7. The maximum atomic E-state index is 12.1. The molecule has 0 unspecified atom stereocenters. The number of carbonyl (C=O) groups excluding carboxylic acids is 1. The van der Waals surface area contributed by atoms with Crippen LogP contribution in [-0.4, -0.2) is 32.0 Å². The molecule has 0 aromatic heterocycles. The number of nitrogens with zero attached hydrogens (tertiary/aromatic N) is 1. The molecule has 0 spiro atoms. The Morgan fingerprint density at radius 1 is 0.947 bits per heavy atom. The van der Waals surface area contributed by atoms with Crippen molar-refractivity contribution >= 4 is 14.0 Å². The van der Waals surface area contributed by atoms with E-state index in [-0.39, 0.29) is 5.91 Å². The molecule has 0 aliphatic heterocycles. The average molecular weight is 282 g/mol. The Labute approximate surface area is 121 Å². The van der Waals surface area contributed by atoms with Crippen molar-refractivity contribution in [1.82, 2.24) is 4.90 Å². The van der Waals surface area contributed by atoms with Crippen LogP contribution in [0.4, 0.5) is 0 Å². The number of carbonyl (C=O) groups is 1. The molecule has 0 fully saturated rings. The van der Waals surface area contributed by atoms with Gasteiger partial charge in [0.15, 0.2) is 0 Å². The van der Waals surface area contributed by atoms with Crippen molar-refractivity contribution in [1.29, 1.82) is 0 Å². The van der Waals surface area contributed by atoms with Gasteiger partial charge in [-0.15, -0.1) is 5.54 Å². The maximum absolute atomic E-state index is 12.1. The topological polar surface area (TPSA) is 20.3 Å². The highest BCUT2D eigenvalue weighted by Crippen LogP contribution is 2.40. The monoisotopic (exact) mass is 281 g/mol. The van der Waals surface area contributed by atoms with Gasteiger partial charge in [-0.25, -0.2) is 0 Å². The summed E-state index contributed by atoms with van der Waals surface area (Å²) >= 11 is 0. The zero-order valence-electron chi connectivity index (χ0n) is 14.0. The lowest BCUT2D eigenvalue weighted by Crippen LogP contribution is -2.43. The highest BCUT2D eigenvalue weighted by atomic mass is 28.3. The minimum absolute atomic E-state index is 0.0103. The minimum atomic E-state index is -1.77. The van der Waals surface area contributed by atoms with Crippen molar-refractivity contribution < 1.29 is 4.79 Å². The van der Waals surface area contributed by atoms with E-state index in [1.807, 2.05) is 13.8 Å². The van der Waals surface area contributed by atoms with Gasteiger partial charge in [-0.1, -0.05) is 41.5 Å². The van der Waals surface area contributed by atoms with Crippen LogP contribution < -0.4 is 0 Å². The van der Waals surface area contributed by atoms with Crippen LogP contribution in [0, 0.1) is 11.5 Å². The van der Waals surface area contributed by atoms with Crippen LogP contribution >= 0.6 is 0 Å². The SMILES string of the molecule is CCN(CC)C(=O)C#C[Si](C(C)C)(C(C)C)C(C)C. The molecule has 0 N–H and O–H groups in total. The van der Waals surface area contributed by atoms with Crippen molar-refractivity contribution in [3.63, 3.8) is 0 Å². The molecule has 0 bridgehead atoms. The molecular formula is C16H31NOSi. The summed E-state index contributed by atoms with van der Waals surface area (Å²) < 4.78 is 0. The first-order valence-electron chi connectivity index (χ1n) is 7.55. The van der Waals surface area contributed by atoms with E-state index in [2.05, 4.69) is 53.0 Å². The third kappa shape index (κ3) is 4.11. The molecule has 0 heterocycles. The van der Waals surface area contributed by atoms with Crippen molar-refractivity contribution in [2.75, 3.05) is 13.1 Å². The van der Waals surface area contributed by atoms with Gasteiger partial charge in [-0.3, -0.25) is 4.79 Å². The fourth-order valence-corrected chi connectivity index (χ4v) is 8.37. The largest absolute Gasteiger partial charge is 0.332 e. The Balaban J connectivity index is 5.42. The van der Waals surface area contributed by atoms with Crippen LogP contribution in [0.15, 0.2) is 0 Å². The summed E-state index contributed by atoms with van der Waals surface area (Å²) in [5, 5.41) is 0. The van der Waals surface area contributed by atoms with Gasteiger partial charge in [0.25, 0.3) is 5.91 Å². The van der Waals surface area contributed by atoms with E-state index >= 15 is 0 Å². The van der Waals surface area contributed by atoms with Gasteiger partial charge < -0.3 is 4.90 Å². The zero-order chi connectivity index (χ0) is 15.2. The lowest BCUT2D eigenvalue weighted by Gasteiger charge is -2.38. The molecule has 2 nitrogen and oxygen atoms in total. The van der Waals surface area contributed by atoms with Crippen LogP contribution in [0.5, 0.6) is 0 Å². The predicted octanol–water partition coefficient (Wildman–Crippen LogP) is 4.08. The molecule has 19 heavy (non-hydrogen) atoms. The Kier molecular flexibility index (Phi) is 7.44. The molecule has 0 atom stereocenters. The molecule has 1 amide bonds. The molecule has 0 aromatic carbocycles. The molecule has 0 rings (SSSR count). The molecule has 0 saturated heterocycles. The van der Waals surface area contributed by atoms with E-state index in [9.17, 15) is 4.79 Å². The van der Waals surface area contributed by atoms with E-state index in [0.29, 0.717) is 16.6 Å². The molecule has 0 aliphatic rings. The normalized spacial score (nSPS) is 11.7. The summed E-state index contributed by atoms with van der Waals surface area (Å²) in [6.07, 6.45) is 0. The summed E-state index contributed by atoms with van der Waals surface area (Å²) in [4.78, 5) is 13.9. The number of amides is 1. The van der Waals surface area contributed by atoms with Gasteiger partial charge >= 0.3 is 0 Å². The first kappa shape index (κ1) is 18.2. The molecule has 110 valence electrons. The summed E-state index contributed by atoms with van der Waals surface area (Å²) in [5.41, 5.74) is 5.20. The van der Waals surface area contributed by atoms with E-state index < -0.39 is 8.07 Å². The maximum Gasteiger partial charge on any atom is 0.297 e. The van der Waals surface area contributed by atoms with Crippen molar-refractivity contribution in [3.05, 3.63) is 0 Å². The van der Waals surface area contributed by atoms with Crippen LogP contribution in [0.2, 0.25) is 16.6 Å². The van der Waals surface area contributed by atoms with Crippen LogP contribution in [0.25, 0.3) is 0 Å². The highest BCUT2D eigenvalue weighted by Gasteiger charge is 2.41. The third-order valence-corrected chi connectivity index (χ3v) is 10.6.